The topological polar surface area (TPSA) is 75.6 Å². The smallest absolute Gasteiger partial charge is 0.374 e. The molecule has 1 unspecified atom stereocenters. The van der Waals surface area contributed by atoms with E-state index in [1.54, 1.807) is 12.1 Å². The lowest BCUT2D eigenvalue weighted by molar-refractivity contribution is -0.275. The van der Waals surface area contributed by atoms with Gasteiger partial charge in [0.25, 0.3) is 11.5 Å². The lowest BCUT2D eigenvalue weighted by atomic mass is 9.88. The lowest BCUT2D eigenvalue weighted by Crippen LogP contribution is -2.42. The van der Waals surface area contributed by atoms with Gasteiger partial charge in [-0.3, -0.25) is 20.6 Å². The number of amides is 1. The zero-order chi connectivity index (χ0) is 24.9. The van der Waals surface area contributed by atoms with Crippen molar-refractivity contribution in [1.29, 1.82) is 0 Å². The summed E-state index contributed by atoms with van der Waals surface area (Å²) in [5, 5.41) is 3.74. The molecule has 0 aliphatic carbocycles. The molecule has 2 aromatic rings. The number of allylic oxidation sites excluding steroid dienone is 4. The van der Waals surface area contributed by atoms with Crippen LogP contribution in [0.25, 0.3) is 0 Å². The van der Waals surface area contributed by atoms with Crippen molar-refractivity contribution >= 4 is 46.4 Å². The van der Waals surface area contributed by atoms with Gasteiger partial charge in [-0.25, -0.2) is 0 Å². The van der Waals surface area contributed by atoms with Crippen LogP contribution in [0.15, 0.2) is 83.4 Å². The molecule has 1 aromatic carbocycles. The summed E-state index contributed by atoms with van der Waals surface area (Å²) in [6, 6.07) is 6.69. The first-order valence-electron chi connectivity index (χ1n) is 9.51. The number of rotatable bonds is 7. The summed E-state index contributed by atoms with van der Waals surface area (Å²) < 4.78 is 42.2. The monoisotopic (exact) mass is 530 g/mol. The molecule has 0 spiro atoms. The standard InChI is InChI=1S/C22H16Cl3F3N4O2/c1-2-18(25)19(30-31-20(33)13-4-3-7-29-12-13)6-5-17-11-21(34-32-17,22(26,27)28)14-8-15(23)10-16(24)9-14/h2-10,12,30H,1,11H2,(H,31,33)/b6-5+,19-18-. The number of nitrogens with one attached hydrogen (secondary N) is 2. The van der Waals surface area contributed by atoms with E-state index in [-0.39, 0.29) is 37.6 Å². The fourth-order valence-corrected chi connectivity index (χ4v) is 3.60. The van der Waals surface area contributed by atoms with Crippen molar-refractivity contribution < 1.29 is 22.8 Å². The van der Waals surface area contributed by atoms with Crippen LogP contribution in [0.5, 0.6) is 0 Å². The molecule has 1 aromatic heterocycles. The Hall–Kier alpha value is -3.01. The number of hydrogen-bond acceptors (Lipinski definition) is 5. The highest BCUT2D eigenvalue weighted by Gasteiger charge is 2.62. The number of alkyl halides is 3. The van der Waals surface area contributed by atoms with E-state index in [1.165, 1.54) is 36.7 Å². The Bertz CT molecular complexity index is 1160. The van der Waals surface area contributed by atoms with Crippen LogP contribution in [-0.2, 0) is 10.4 Å². The van der Waals surface area contributed by atoms with Crippen LogP contribution in [0.1, 0.15) is 22.3 Å². The SMILES string of the molecule is C=C/C(Cl)=C(\C=C\C1=NOC(c2cc(Cl)cc(Cl)c2)(C(F)(F)F)C1)NNC(=O)c1cccnc1. The molecular weight excluding hydrogens is 516 g/mol. The van der Waals surface area contributed by atoms with Gasteiger partial charge >= 0.3 is 6.18 Å². The van der Waals surface area contributed by atoms with E-state index in [2.05, 4.69) is 27.6 Å². The molecule has 0 fully saturated rings. The van der Waals surface area contributed by atoms with Gasteiger partial charge in [0.15, 0.2) is 0 Å². The number of nitrogens with zero attached hydrogens (tertiary/aromatic N) is 2. The minimum atomic E-state index is -4.83. The molecular formula is C22H16Cl3F3N4O2. The van der Waals surface area contributed by atoms with E-state index in [0.717, 1.165) is 12.1 Å². The maximum atomic E-state index is 14.1. The number of aromatic nitrogens is 1. The maximum Gasteiger partial charge on any atom is 0.435 e. The number of pyridine rings is 1. The predicted molar refractivity (Wildman–Crippen MR) is 124 cm³/mol. The van der Waals surface area contributed by atoms with Crippen molar-refractivity contribution in [2.75, 3.05) is 0 Å². The molecule has 1 amide bonds. The Kier molecular flexibility index (Phi) is 7.91. The fourth-order valence-electron chi connectivity index (χ4n) is 2.97. The predicted octanol–water partition coefficient (Wildman–Crippen LogP) is 6.05. The largest absolute Gasteiger partial charge is 0.435 e. The van der Waals surface area contributed by atoms with Crippen molar-refractivity contribution in [3.05, 3.63) is 99.4 Å². The third-order valence-corrected chi connectivity index (χ3v) is 5.44. The van der Waals surface area contributed by atoms with E-state index < -0.39 is 24.1 Å². The molecule has 12 heteroatoms. The Morgan fingerprint density at radius 1 is 1.21 bits per heavy atom. The molecule has 0 bridgehead atoms. The second-order valence-corrected chi connectivity index (χ2v) is 8.23. The van der Waals surface area contributed by atoms with Crippen molar-refractivity contribution in [3.63, 3.8) is 0 Å². The van der Waals surface area contributed by atoms with E-state index in [1.807, 2.05) is 0 Å². The van der Waals surface area contributed by atoms with Crippen LogP contribution in [0.4, 0.5) is 13.2 Å². The van der Waals surface area contributed by atoms with Crippen LogP contribution in [0.3, 0.4) is 0 Å². The normalized spacial score (nSPS) is 18.7. The fraction of sp³-hybridized carbons (Fsp3) is 0.136. The minimum Gasteiger partial charge on any atom is -0.374 e. The van der Waals surface area contributed by atoms with E-state index in [0.29, 0.717) is 0 Å². The molecule has 1 aliphatic heterocycles. The quantitative estimate of drug-likeness (QED) is 0.337. The summed E-state index contributed by atoms with van der Waals surface area (Å²) in [6.07, 6.45) is 1.27. The number of hydrazine groups is 1. The van der Waals surface area contributed by atoms with Crippen LogP contribution in [0, 0.1) is 0 Å². The average molecular weight is 532 g/mol. The van der Waals surface area contributed by atoms with Crippen molar-refractivity contribution in [2.24, 2.45) is 5.16 Å². The summed E-state index contributed by atoms with van der Waals surface area (Å²) >= 11 is 17.9. The van der Waals surface area contributed by atoms with Gasteiger partial charge in [-0.2, -0.15) is 13.2 Å². The summed E-state index contributed by atoms with van der Waals surface area (Å²) in [5.41, 5.74) is 2.34. The molecule has 0 saturated heterocycles. The van der Waals surface area contributed by atoms with Gasteiger partial charge < -0.3 is 4.84 Å². The highest BCUT2D eigenvalue weighted by atomic mass is 35.5. The van der Waals surface area contributed by atoms with Gasteiger partial charge in [0, 0.05) is 34.4 Å². The van der Waals surface area contributed by atoms with Crippen molar-refractivity contribution in [3.8, 4) is 0 Å². The average Bonchev–Trinajstić information content (AvgIpc) is 3.24. The summed E-state index contributed by atoms with van der Waals surface area (Å²) in [4.78, 5) is 21.0. The van der Waals surface area contributed by atoms with Gasteiger partial charge in [0.2, 0.25) is 0 Å². The van der Waals surface area contributed by atoms with Crippen molar-refractivity contribution in [1.82, 2.24) is 15.8 Å². The van der Waals surface area contributed by atoms with Crippen molar-refractivity contribution in [2.45, 2.75) is 18.2 Å². The zero-order valence-electron chi connectivity index (χ0n) is 17.2. The number of halogens is 6. The molecule has 2 heterocycles. The van der Waals surface area contributed by atoms with Gasteiger partial charge in [0.05, 0.1) is 22.0 Å². The highest BCUT2D eigenvalue weighted by molar-refractivity contribution is 6.34. The third kappa shape index (κ3) is 5.72. The number of carbonyl (C=O) groups excluding carboxylic acids is 1. The number of benzene rings is 1. The first-order valence-corrected chi connectivity index (χ1v) is 10.6. The van der Waals surface area contributed by atoms with E-state index in [9.17, 15) is 18.0 Å². The first kappa shape index (κ1) is 25.6. The van der Waals surface area contributed by atoms with Gasteiger partial charge in [-0.05, 0) is 48.6 Å². The number of carbonyl (C=O) groups is 1. The molecule has 1 atom stereocenters. The van der Waals surface area contributed by atoms with E-state index in [4.69, 9.17) is 39.6 Å². The van der Waals surface area contributed by atoms with Gasteiger partial charge in [0.1, 0.15) is 0 Å². The Morgan fingerprint density at radius 2 is 1.91 bits per heavy atom. The molecule has 3 rings (SSSR count). The van der Waals surface area contributed by atoms with Crippen LogP contribution in [-0.4, -0.2) is 22.8 Å². The zero-order valence-corrected chi connectivity index (χ0v) is 19.4. The molecule has 0 saturated carbocycles. The number of hydrogen-bond donors (Lipinski definition) is 2. The molecule has 1 aliphatic rings. The highest BCUT2D eigenvalue weighted by Crippen LogP contribution is 2.49. The van der Waals surface area contributed by atoms with Gasteiger partial charge in [-0.1, -0.05) is 46.5 Å². The first-order chi connectivity index (χ1) is 16.1. The Balaban J connectivity index is 1.80. The second-order valence-electron chi connectivity index (χ2n) is 6.95. The molecule has 6 nitrogen and oxygen atoms in total. The van der Waals surface area contributed by atoms with Crippen LogP contribution < -0.4 is 10.9 Å². The Morgan fingerprint density at radius 3 is 2.50 bits per heavy atom. The molecule has 34 heavy (non-hydrogen) atoms. The van der Waals surface area contributed by atoms with Gasteiger partial charge in [-0.15, -0.1) is 0 Å². The second kappa shape index (κ2) is 10.5. The summed E-state index contributed by atoms with van der Waals surface area (Å²) in [7, 11) is 0. The molecule has 0 radical (unpaired) electrons. The van der Waals surface area contributed by atoms with Crippen LogP contribution in [0.2, 0.25) is 10.0 Å². The van der Waals surface area contributed by atoms with Crippen LogP contribution >= 0.6 is 34.8 Å². The van der Waals surface area contributed by atoms with E-state index >= 15 is 0 Å². The third-order valence-electron chi connectivity index (χ3n) is 4.65. The molecule has 178 valence electrons. The summed E-state index contributed by atoms with van der Waals surface area (Å²) in [6.45, 7) is 3.54. The lowest BCUT2D eigenvalue weighted by Gasteiger charge is -2.29. The summed E-state index contributed by atoms with van der Waals surface area (Å²) in [5.74, 6) is -0.511. The number of oxime groups is 1. The Labute approximate surface area is 207 Å². The minimum absolute atomic E-state index is 0.0234. The maximum absolute atomic E-state index is 14.1. The molecule has 2 N–H and O–H groups in total.